The second kappa shape index (κ2) is 10.3. The van der Waals surface area contributed by atoms with Crippen molar-refractivity contribution >= 4 is 29.4 Å². The number of hydrogen-bond acceptors (Lipinski definition) is 5. The highest BCUT2D eigenvalue weighted by molar-refractivity contribution is 6.10. The molecular weight excluding hydrogens is 516 g/mol. The summed E-state index contributed by atoms with van der Waals surface area (Å²) in [6, 6.07) is 20.6. The second-order valence-electron chi connectivity index (χ2n) is 11.9. The second-order valence-corrected chi connectivity index (χ2v) is 11.9. The fraction of sp³-hybridized carbons (Fsp3) is 0.353. The summed E-state index contributed by atoms with van der Waals surface area (Å²) in [7, 11) is 0. The summed E-state index contributed by atoms with van der Waals surface area (Å²) in [4.78, 5) is 55.7. The largest absolute Gasteiger partial charge is 0.454 e. The van der Waals surface area contributed by atoms with E-state index < -0.39 is 36.4 Å². The lowest BCUT2D eigenvalue weighted by molar-refractivity contribution is -0.160. The molecule has 3 aliphatic carbocycles. The zero-order chi connectivity index (χ0) is 29.0. The van der Waals surface area contributed by atoms with Gasteiger partial charge in [-0.05, 0) is 65.6 Å². The van der Waals surface area contributed by atoms with Gasteiger partial charge < -0.3 is 10.1 Å². The minimum Gasteiger partial charge on any atom is -0.454 e. The molecule has 1 aliphatic heterocycles. The molecule has 41 heavy (non-hydrogen) atoms. The van der Waals surface area contributed by atoms with Gasteiger partial charge >= 0.3 is 5.97 Å². The molecule has 3 aromatic rings. The molecule has 210 valence electrons. The Kier molecular flexibility index (Phi) is 6.76. The molecule has 7 heteroatoms. The van der Waals surface area contributed by atoms with Gasteiger partial charge in [-0.3, -0.25) is 19.3 Å². The Morgan fingerprint density at radius 2 is 1.32 bits per heavy atom. The van der Waals surface area contributed by atoms with Crippen molar-refractivity contribution in [3.63, 3.8) is 0 Å². The van der Waals surface area contributed by atoms with Crippen LogP contribution in [0.4, 0.5) is 5.69 Å². The maximum Gasteiger partial charge on any atom is 0.329 e. The van der Waals surface area contributed by atoms with Crippen LogP contribution >= 0.6 is 0 Å². The zero-order valence-corrected chi connectivity index (χ0v) is 23.7. The number of benzene rings is 3. The summed E-state index contributed by atoms with van der Waals surface area (Å²) < 4.78 is 5.47. The van der Waals surface area contributed by atoms with Crippen LogP contribution in [0.3, 0.4) is 0 Å². The molecule has 3 aromatic carbocycles. The summed E-state index contributed by atoms with van der Waals surface area (Å²) in [5.74, 6) is -3.53. The van der Waals surface area contributed by atoms with Crippen molar-refractivity contribution in [3.05, 3.63) is 100 Å². The summed E-state index contributed by atoms with van der Waals surface area (Å²) >= 11 is 0. The maximum atomic E-state index is 14.2. The number of carbonyl (C=O) groups excluding carboxylic acids is 4. The molecule has 0 spiro atoms. The van der Waals surface area contributed by atoms with E-state index in [1.807, 2.05) is 88.4 Å². The first kappa shape index (κ1) is 26.9. The van der Waals surface area contributed by atoms with E-state index in [9.17, 15) is 19.2 Å². The van der Waals surface area contributed by atoms with E-state index in [1.54, 1.807) is 6.07 Å². The molecular formula is C34H34N2O5. The molecule has 3 atom stereocenters. The van der Waals surface area contributed by atoms with Gasteiger partial charge in [-0.2, -0.15) is 0 Å². The number of esters is 1. The van der Waals surface area contributed by atoms with E-state index in [0.29, 0.717) is 5.69 Å². The summed E-state index contributed by atoms with van der Waals surface area (Å²) in [6.07, 6.45) is 0.254. The number of likely N-dealkylation sites (tertiary alicyclic amines) is 1. The Morgan fingerprint density at radius 3 is 1.80 bits per heavy atom. The van der Waals surface area contributed by atoms with E-state index in [1.165, 1.54) is 0 Å². The Morgan fingerprint density at radius 1 is 0.805 bits per heavy atom. The van der Waals surface area contributed by atoms with Crippen molar-refractivity contribution in [2.24, 2.45) is 17.8 Å². The average molecular weight is 551 g/mol. The molecule has 7 nitrogen and oxygen atoms in total. The van der Waals surface area contributed by atoms with Crippen molar-refractivity contribution in [1.82, 2.24) is 4.90 Å². The zero-order valence-electron chi connectivity index (χ0n) is 23.7. The lowest BCUT2D eigenvalue weighted by Gasteiger charge is -2.45. The topological polar surface area (TPSA) is 92.8 Å². The van der Waals surface area contributed by atoms with Crippen LogP contribution < -0.4 is 5.32 Å². The van der Waals surface area contributed by atoms with Crippen LogP contribution in [0.25, 0.3) is 0 Å². The van der Waals surface area contributed by atoms with Crippen molar-refractivity contribution < 1.29 is 23.9 Å². The molecule has 1 saturated heterocycles. The average Bonchev–Trinajstić information content (AvgIpc) is 3.22. The number of amides is 3. The van der Waals surface area contributed by atoms with E-state index >= 15 is 0 Å². The summed E-state index contributed by atoms with van der Waals surface area (Å²) in [6.45, 7) is 7.21. The van der Waals surface area contributed by atoms with Crippen LogP contribution in [-0.4, -0.2) is 41.2 Å². The first-order chi connectivity index (χ1) is 19.7. The first-order valence-corrected chi connectivity index (χ1v) is 14.3. The van der Waals surface area contributed by atoms with Crippen molar-refractivity contribution in [2.45, 2.75) is 52.0 Å². The molecule has 4 aliphatic rings. The fourth-order valence-electron chi connectivity index (χ4n) is 7.07. The van der Waals surface area contributed by atoms with Gasteiger partial charge in [-0.1, -0.05) is 74.5 Å². The number of nitrogens with zero attached hydrogens (tertiary/aromatic N) is 1. The molecule has 3 amide bonds. The first-order valence-electron chi connectivity index (χ1n) is 14.3. The predicted octanol–water partition coefficient (Wildman–Crippen LogP) is 5.09. The van der Waals surface area contributed by atoms with Gasteiger partial charge in [0.2, 0.25) is 11.8 Å². The van der Waals surface area contributed by atoms with Crippen LogP contribution in [0.15, 0.2) is 66.7 Å². The van der Waals surface area contributed by atoms with Crippen LogP contribution in [0, 0.1) is 31.6 Å². The van der Waals surface area contributed by atoms with Crippen LogP contribution in [0.5, 0.6) is 0 Å². The Balaban J connectivity index is 1.27. The van der Waals surface area contributed by atoms with Crippen LogP contribution in [0.2, 0.25) is 0 Å². The number of anilines is 1. The number of hydrogen-bond donors (Lipinski definition) is 1. The number of aryl methyl sites for hydroxylation is 1. The van der Waals surface area contributed by atoms with E-state index in [-0.39, 0.29) is 36.0 Å². The molecule has 0 aromatic heterocycles. The lowest BCUT2D eigenvalue weighted by atomic mass is 9.55. The highest BCUT2D eigenvalue weighted by Gasteiger charge is 2.63. The number of nitrogens with one attached hydrogen (secondary N) is 1. The third-order valence-electron chi connectivity index (χ3n) is 8.99. The van der Waals surface area contributed by atoms with Gasteiger partial charge in [-0.15, -0.1) is 0 Å². The highest BCUT2D eigenvalue weighted by atomic mass is 16.5. The van der Waals surface area contributed by atoms with Crippen LogP contribution in [0.1, 0.15) is 65.5 Å². The van der Waals surface area contributed by atoms with Gasteiger partial charge in [-0.25, -0.2) is 4.79 Å². The number of rotatable bonds is 7. The minimum atomic E-state index is -1.10. The van der Waals surface area contributed by atoms with Gasteiger partial charge in [0.15, 0.2) is 6.61 Å². The fourth-order valence-corrected chi connectivity index (χ4v) is 7.07. The third kappa shape index (κ3) is 4.35. The predicted molar refractivity (Wildman–Crippen MR) is 154 cm³/mol. The van der Waals surface area contributed by atoms with Crippen molar-refractivity contribution in [1.29, 1.82) is 0 Å². The van der Waals surface area contributed by atoms with E-state index in [2.05, 4.69) is 5.32 Å². The third-order valence-corrected chi connectivity index (χ3v) is 8.99. The summed E-state index contributed by atoms with van der Waals surface area (Å²) in [5.41, 5.74) is 6.91. The van der Waals surface area contributed by atoms with E-state index in [4.69, 9.17) is 4.74 Å². The van der Waals surface area contributed by atoms with Gasteiger partial charge in [0.05, 0.1) is 11.8 Å². The molecule has 1 N–H and O–H groups in total. The minimum absolute atomic E-state index is 0.00524. The SMILES string of the molecule is Cc1cccc(NC(=O)COC(=O)[C@H](CC(C)C)N2C(=O)[C@@H]3C4c5ccccc5C(c5ccccc54)[C@H]3C2=O)c1C. The van der Waals surface area contributed by atoms with Gasteiger partial charge in [0.1, 0.15) is 6.04 Å². The van der Waals surface area contributed by atoms with Crippen molar-refractivity contribution in [2.75, 3.05) is 11.9 Å². The molecule has 1 heterocycles. The van der Waals surface area contributed by atoms with Gasteiger partial charge in [0.25, 0.3) is 5.91 Å². The molecule has 2 bridgehead atoms. The lowest BCUT2D eigenvalue weighted by Crippen LogP contribution is -2.47. The molecule has 7 rings (SSSR count). The van der Waals surface area contributed by atoms with Crippen LogP contribution in [-0.2, 0) is 23.9 Å². The molecule has 1 fully saturated rings. The Labute approximate surface area is 239 Å². The summed E-state index contributed by atoms with van der Waals surface area (Å²) in [5, 5.41) is 2.79. The standard InChI is InChI=1S/C34H34N2O5/c1-18(2)16-26(34(40)41-17-27(37)35-25-15-9-10-19(3)20(25)4)36-32(38)30-28-21-11-5-6-12-22(21)29(31(30)33(36)39)24-14-8-7-13-23(24)28/h5-15,18,26,28-31H,16-17H2,1-4H3,(H,35,37)/t26-,28?,29?,30+,31+/m0/s1. The Bertz CT molecular complexity index is 1460. The number of ether oxygens (including phenoxy) is 1. The Hall–Kier alpha value is -4.26. The molecule has 0 radical (unpaired) electrons. The number of carbonyl (C=O) groups is 4. The maximum absolute atomic E-state index is 14.2. The van der Waals surface area contributed by atoms with Gasteiger partial charge in [0, 0.05) is 17.5 Å². The van der Waals surface area contributed by atoms with Crippen molar-refractivity contribution in [3.8, 4) is 0 Å². The monoisotopic (exact) mass is 550 g/mol. The smallest absolute Gasteiger partial charge is 0.329 e. The number of imide groups is 1. The molecule has 0 unspecified atom stereocenters. The molecule has 0 saturated carbocycles. The highest BCUT2D eigenvalue weighted by Crippen LogP contribution is 2.61. The normalized spacial score (nSPS) is 22.7. The van der Waals surface area contributed by atoms with E-state index in [0.717, 1.165) is 38.3 Å². The quantitative estimate of drug-likeness (QED) is 0.327.